The zero-order chi connectivity index (χ0) is 23.4. The smallest absolute Gasteiger partial charge is 0.251 e. The molecule has 1 aromatic rings. The van der Waals surface area contributed by atoms with Gasteiger partial charge in [0.05, 0.1) is 19.8 Å². The van der Waals surface area contributed by atoms with E-state index in [1.807, 2.05) is 19.1 Å². The third-order valence-electron chi connectivity index (χ3n) is 3.82. The van der Waals surface area contributed by atoms with Gasteiger partial charge in [0.1, 0.15) is 12.0 Å². The molecule has 1 unspecified atom stereocenters. The summed E-state index contributed by atoms with van der Waals surface area (Å²) < 4.78 is 11.3. The molecule has 0 heterocycles. The zero-order valence-corrected chi connectivity index (χ0v) is 20.4. The van der Waals surface area contributed by atoms with E-state index in [9.17, 15) is 9.59 Å². The lowest BCUT2D eigenvalue weighted by Crippen LogP contribution is -2.30. The molecule has 0 aliphatic rings. The van der Waals surface area contributed by atoms with Gasteiger partial charge in [-0.25, -0.2) is 0 Å². The van der Waals surface area contributed by atoms with Gasteiger partial charge in [-0.15, -0.1) is 5.92 Å². The lowest BCUT2D eigenvalue weighted by atomic mass is 10.1. The van der Waals surface area contributed by atoms with Gasteiger partial charge in [0, 0.05) is 30.8 Å². The highest BCUT2D eigenvalue weighted by molar-refractivity contribution is 8.76. The van der Waals surface area contributed by atoms with Gasteiger partial charge in [0.15, 0.2) is 0 Å². The van der Waals surface area contributed by atoms with Crippen molar-refractivity contribution in [2.75, 3.05) is 45.2 Å². The minimum atomic E-state index is -0.199. The predicted molar refractivity (Wildman–Crippen MR) is 133 cm³/mol. The normalized spacial score (nSPS) is 11.1. The molecule has 176 valence electrons. The fourth-order valence-electron chi connectivity index (χ4n) is 2.31. The molecule has 1 rings (SSSR count). The predicted octanol–water partition coefficient (Wildman–Crippen LogP) is 3.11. The van der Waals surface area contributed by atoms with Crippen LogP contribution in [0.1, 0.15) is 41.6 Å². The van der Waals surface area contributed by atoms with E-state index in [1.54, 1.807) is 39.9 Å². The SMILES string of the molecule is C=CNCCNC(=O)c1ccc(C(OCCOCC(=O)NCC#CCC)SSCC)cc1. The molecule has 0 saturated heterocycles. The summed E-state index contributed by atoms with van der Waals surface area (Å²) in [5, 5.41) is 8.46. The quantitative estimate of drug-likeness (QED) is 0.145. The molecular weight excluding hydrogens is 446 g/mol. The molecule has 0 saturated carbocycles. The average Bonchev–Trinajstić information content (AvgIpc) is 2.81. The van der Waals surface area contributed by atoms with Crippen LogP contribution < -0.4 is 16.0 Å². The summed E-state index contributed by atoms with van der Waals surface area (Å²) in [4.78, 5) is 23.9. The molecule has 0 fully saturated rings. The fourth-order valence-corrected chi connectivity index (χ4v) is 4.27. The Morgan fingerprint density at radius 1 is 1.12 bits per heavy atom. The van der Waals surface area contributed by atoms with Crippen molar-refractivity contribution in [3.63, 3.8) is 0 Å². The van der Waals surface area contributed by atoms with Crippen LogP contribution in [-0.2, 0) is 14.3 Å². The number of carbonyl (C=O) groups is 2. The van der Waals surface area contributed by atoms with E-state index in [0.29, 0.717) is 38.4 Å². The van der Waals surface area contributed by atoms with Crippen molar-refractivity contribution in [3.8, 4) is 11.8 Å². The molecule has 1 aromatic carbocycles. The number of hydrogen-bond acceptors (Lipinski definition) is 7. The Morgan fingerprint density at radius 3 is 2.59 bits per heavy atom. The van der Waals surface area contributed by atoms with Crippen molar-refractivity contribution in [2.24, 2.45) is 0 Å². The Kier molecular flexibility index (Phi) is 16.1. The zero-order valence-electron chi connectivity index (χ0n) is 18.8. The Bertz CT molecular complexity index is 748. The maximum Gasteiger partial charge on any atom is 0.251 e. The van der Waals surface area contributed by atoms with Gasteiger partial charge >= 0.3 is 0 Å². The molecular formula is C23H33N3O4S2. The van der Waals surface area contributed by atoms with Crippen LogP contribution in [0.5, 0.6) is 0 Å². The summed E-state index contributed by atoms with van der Waals surface area (Å²) in [7, 11) is 3.31. The van der Waals surface area contributed by atoms with Crippen LogP contribution in [0.15, 0.2) is 37.0 Å². The minimum absolute atomic E-state index is 0.0230. The van der Waals surface area contributed by atoms with Crippen molar-refractivity contribution >= 4 is 33.4 Å². The number of rotatable bonds is 16. The van der Waals surface area contributed by atoms with Gasteiger partial charge in [-0.3, -0.25) is 9.59 Å². The lowest BCUT2D eigenvalue weighted by molar-refractivity contribution is -0.126. The molecule has 32 heavy (non-hydrogen) atoms. The summed E-state index contributed by atoms with van der Waals surface area (Å²) in [6, 6.07) is 7.38. The molecule has 0 aliphatic carbocycles. The van der Waals surface area contributed by atoms with E-state index in [0.717, 1.165) is 17.7 Å². The van der Waals surface area contributed by atoms with Crippen LogP contribution in [0.4, 0.5) is 0 Å². The van der Waals surface area contributed by atoms with Crippen molar-refractivity contribution in [3.05, 3.63) is 48.2 Å². The van der Waals surface area contributed by atoms with E-state index >= 15 is 0 Å². The molecule has 0 aliphatic heterocycles. The van der Waals surface area contributed by atoms with Crippen LogP contribution in [0, 0.1) is 11.8 Å². The van der Waals surface area contributed by atoms with Crippen molar-refractivity contribution in [1.82, 2.24) is 16.0 Å². The number of benzene rings is 1. The van der Waals surface area contributed by atoms with Crippen LogP contribution in [0.25, 0.3) is 0 Å². The molecule has 7 nitrogen and oxygen atoms in total. The van der Waals surface area contributed by atoms with Gasteiger partial charge in [-0.2, -0.15) is 0 Å². The molecule has 2 amide bonds. The monoisotopic (exact) mass is 479 g/mol. The van der Waals surface area contributed by atoms with E-state index in [2.05, 4.69) is 41.3 Å². The number of amides is 2. The largest absolute Gasteiger partial charge is 0.390 e. The van der Waals surface area contributed by atoms with Crippen LogP contribution in [0.3, 0.4) is 0 Å². The standard InChI is InChI=1S/C23H33N3O4S2/c1-4-7-8-13-25-21(27)18-29-16-17-30-23(32-31-6-3)20-11-9-19(10-12-20)22(28)26-15-14-24-5-2/h5,9-12,23-24H,2,4,6,13-18H2,1,3H3,(H,25,27)(H,26,28). The third kappa shape index (κ3) is 12.7. The summed E-state index contributed by atoms with van der Waals surface area (Å²) in [6.07, 6.45) is 2.36. The Hall–Kier alpha value is -2.12. The van der Waals surface area contributed by atoms with E-state index in [4.69, 9.17) is 9.47 Å². The molecule has 0 spiro atoms. The molecule has 0 bridgehead atoms. The van der Waals surface area contributed by atoms with Gasteiger partial charge in [0.25, 0.3) is 5.91 Å². The second-order valence-electron chi connectivity index (χ2n) is 6.28. The molecule has 1 atom stereocenters. The first-order valence-corrected chi connectivity index (χ1v) is 12.9. The van der Waals surface area contributed by atoms with Crippen molar-refractivity contribution in [2.45, 2.75) is 25.7 Å². The Morgan fingerprint density at radius 2 is 1.91 bits per heavy atom. The van der Waals surface area contributed by atoms with Crippen molar-refractivity contribution < 1.29 is 19.1 Å². The molecule has 0 radical (unpaired) electrons. The highest BCUT2D eigenvalue weighted by Gasteiger charge is 2.14. The number of carbonyl (C=O) groups excluding carboxylic acids is 2. The Balaban J connectivity index is 2.44. The van der Waals surface area contributed by atoms with E-state index in [-0.39, 0.29) is 23.9 Å². The van der Waals surface area contributed by atoms with E-state index < -0.39 is 0 Å². The number of nitrogens with one attached hydrogen (secondary N) is 3. The van der Waals surface area contributed by atoms with Gasteiger partial charge < -0.3 is 25.4 Å². The maximum atomic E-state index is 12.2. The maximum absolute atomic E-state index is 12.2. The first kappa shape index (κ1) is 27.9. The molecule has 3 N–H and O–H groups in total. The van der Waals surface area contributed by atoms with Crippen LogP contribution >= 0.6 is 21.6 Å². The van der Waals surface area contributed by atoms with Crippen LogP contribution in [-0.4, -0.2) is 57.0 Å². The Labute approximate surface area is 199 Å². The minimum Gasteiger partial charge on any atom is -0.390 e. The summed E-state index contributed by atoms with van der Waals surface area (Å²) in [5.74, 6) is 6.36. The first-order chi connectivity index (χ1) is 15.6. The average molecular weight is 480 g/mol. The topological polar surface area (TPSA) is 88.7 Å². The lowest BCUT2D eigenvalue weighted by Gasteiger charge is -2.17. The fraction of sp³-hybridized carbons (Fsp3) is 0.478. The molecule has 0 aromatic heterocycles. The third-order valence-corrected chi connectivity index (χ3v) is 6.42. The van der Waals surface area contributed by atoms with Crippen LogP contribution in [0.2, 0.25) is 0 Å². The first-order valence-electron chi connectivity index (χ1n) is 10.5. The van der Waals surface area contributed by atoms with Gasteiger partial charge in [-0.1, -0.05) is 60.1 Å². The second-order valence-corrected chi connectivity index (χ2v) is 9.00. The summed E-state index contributed by atoms with van der Waals surface area (Å²) >= 11 is 0. The van der Waals surface area contributed by atoms with Crippen molar-refractivity contribution in [1.29, 1.82) is 0 Å². The molecule has 9 heteroatoms. The highest BCUT2D eigenvalue weighted by atomic mass is 33.1. The second kappa shape index (κ2) is 18.5. The summed E-state index contributed by atoms with van der Waals surface area (Å²) in [5.41, 5.74) is 1.36. The number of ether oxygens (including phenoxy) is 2. The number of hydrogen-bond donors (Lipinski definition) is 3. The van der Waals surface area contributed by atoms with Gasteiger partial charge in [0.2, 0.25) is 5.91 Å². The highest BCUT2D eigenvalue weighted by Crippen LogP contribution is 2.38. The van der Waals surface area contributed by atoms with Gasteiger partial charge in [-0.05, 0) is 23.9 Å². The van der Waals surface area contributed by atoms with E-state index in [1.165, 1.54) is 0 Å². The summed E-state index contributed by atoms with van der Waals surface area (Å²) in [6.45, 7) is 9.72.